The minimum Gasteiger partial charge on any atom is -0.486 e. The quantitative estimate of drug-likeness (QED) is 0.628. The van der Waals surface area contributed by atoms with Gasteiger partial charge in [-0.15, -0.1) is 0 Å². The first-order valence-corrected chi connectivity index (χ1v) is 4.15. The normalized spacial score (nSPS) is 12.7. The highest BCUT2D eigenvalue weighted by atomic mass is 19.2. The van der Waals surface area contributed by atoms with Crippen LogP contribution in [-0.4, -0.2) is 12.6 Å². The second-order valence-electron chi connectivity index (χ2n) is 3.09. The summed E-state index contributed by atoms with van der Waals surface area (Å²) in [6.07, 6.45) is 0. The third-order valence-electron chi connectivity index (χ3n) is 1.56. The molecule has 0 radical (unpaired) electrons. The van der Waals surface area contributed by atoms with Gasteiger partial charge in [-0.1, -0.05) is 0 Å². The summed E-state index contributed by atoms with van der Waals surface area (Å²) in [6, 6.07) is -0.390. The summed E-state index contributed by atoms with van der Waals surface area (Å²) in [5.41, 5.74) is 5.26. The Morgan fingerprint density at radius 1 is 1.20 bits per heavy atom. The summed E-state index contributed by atoms with van der Waals surface area (Å²) in [5, 5.41) is 0. The Balaban J connectivity index is 3.04. The van der Waals surface area contributed by atoms with E-state index in [9.17, 15) is 17.6 Å². The standard InChI is InChI=1S/C9H9F4NO/c1-4(14)3-15-9-7(12)5(10)2-6(11)8(9)13/h2,4H,3,14H2,1H3. The van der Waals surface area contributed by atoms with Crippen molar-refractivity contribution in [3.05, 3.63) is 29.3 Å². The third kappa shape index (κ3) is 2.59. The molecule has 0 aromatic heterocycles. The average molecular weight is 223 g/mol. The second kappa shape index (κ2) is 4.48. The van der Waals surface area contributed by atoms with Gasteiger partial charge in [-0.05, 0) is 6.92 Å². The molecule has 1 atom stereocenters. The van der Waals surface area contributed by atoms with Crippen LogP contribution < -0.4 is 10.5 Å². The lowest BCUT2D eigenvalue weighted by atomic mass is 10.3. The molecule has 0 spiro atoms. The molecule has 0 fully saturated rings. The van der Waals surface area contributed by atoms with Crippen molar-refractivity contribution < 1.29 is 22.3 Å². The Morgan fingerprint density at radius 2 is 1.67 bits per heavy atom. The lowest BCUT2D eigenvalue weighted by Gasteiger charge is -2.10. The van der Waals surface area contributed by atoms with Crippen molar-refractivity contribution in [2.45, 2.75) is 13.0 Å². The predicted molar refractivity (Wildman–Crippen MR) is 45.4 cm³/mol. The topological polar surface area (TPSA) is 35.2 Å². The molecule has 2 nitrogen and oxygen atoms in total. The molecule has 0 saturated heterocycles. The Morgan fingerprint density at radius 3 is 2.07 bits per heavy atom. The molecule has 0 aliphatic heterocycles. The molecule has 2 N–H and O–H groups in total. The number of nitrogens with two attached hydrogens (primary N) is 1. The molecule has 84 valence electrons. The maximum Gasteiger partial charge on any atom is 0.203 e. The van der Waals surface area contributed by atoms with Crippen LogP contribution in [0.3, 0.4) is 0 Å². The first-order valence-electron chi connectivity index (χ1n) is 4.15. The Labute approximate surface area is 83.6 Å². The van der Waals surface area contributed by atoms with Gasteiger partial charge in [-0.25, -0.2) is 8.78 Å². The van der Waals surface area contributed by atoms with E-state index in [2.05, 4.69) is 4.74 Å². The molecule has 15 heavy (non-hydrogen) atoms. The van der Waals surface area contributed by atoms with Gasteiger partial charge in [0.25, 0.3) is 0 Å². The number of hydrogen-bond acceptors (Lipinski definition) is 2. The monoisotopic (exact) mass is 223 g/mol. The van der Waals surface area contributed by atoms with Crippen molar-refractivity contribution in [2.24, 2.45) is 5.73 Å². The van der Waals surface area contributed by atoms with Gasteiger partial charge in [0, 0.05) is 12.1 Å². The van der Waals surface area contributed by atoms with Gasteiger partial charge in [0.1, 0.15) is 6.61 Å². The van der Waals surface area contributed by atoms with E-state index in [1.54, 1.807) is 0 Å². The fourth-order valence-corrected chi connectivity index (χ4v) is 0.893. The van der Waals surface area contributed by atoms with Gasteiger partial charge < -0.3 is 10.5 Å². The fraction of sp³-hybridized carbons (Fsp3) is 0.333. The molecule has 1 unspecified atom stereocenters. The van der Waals surface area contributed by atoms with Gasteiger partial charge in [0.05, 0.1) is 0 Å². The highest BCUT2D eigenvalue weighted by Gasteiger charge is 2.20. The number of rotatable bonds is 3. The molecule has 1 aromatic carbocycles. The highest BCUT2D eigenvalue weighted by molar-refractivity contribution is 5.28. The fourth-order valence-electron chi connectivity index (χ4n) is 0.893. The molecule has 0 saturated carbocycles. The predicted octanol–water partition coefficient (Wildman–Crippen LogP) is 1.97. The maximum absolute atomic E-state index is 12.9. The number of ether oxygens (including phenoxy) is 1. The van der Waals surface area contributed by atoms with Gasteiger partial charge in [-0.2, -0.15) is 8.78 Å². The largest absolute Gasteiger partial charge is 0.486 e. The molecule has 0 bridgehead atoms. The summed E-state index contributed by atoms with van der Waals surface area (Å²) < 4.78 is 55.7. The van der Waals surface area contributed by atoms with Crippen molar-refractivity contribution in [3.8, 4) is 5.75 Å². The van der Waals surface area contributed by atoms with Crippen LogP contribution in [0.1, 0.15) is 6.92 Å². The average Bonchev–Trinajstić information content (AvgIpc) is 2.14. The van der Waals surface area contributed by atoms with E-state index in [4.69, 9.17) is 5.73 Å². The molecular weight excluding hydrogens is 214 g/mol. The first kappa shape index (κ1) is 11.8. The lowest BCUT2D eigenvalue weighted by Crippen LogP contribution is -2.24. The van der Waals surface area contributed by atoms with E-state index in [-0.39, 0.29) is 12.7 Å². The highest BCUT2D eigenvalue weighted by Crippen LogP contribution is 2.26. The molecule has 0 aliphatic rings. The van der Waals surface area contributed by atoms with E-state index >= 15 is 0 Å². The second-order valence-corrected chi connectivity index (χ2v) is 3.09. The zero-order valence-electron chi connectivity index (χ0n) is 7.86. The van der Waals surface area contributed by atoms with Crippen LogP contribution in [0.5, 0.6) is 5.75 Å². The minimum absolute atomic E-state index is 0.114. The molecule has 1 rings (SSSR count). The van der Waals surface area contributed by atoms with Gasteiger partial charge in [0.15, 0.2) is 17.4 Å². The Bertz CT molecular complexity index is 341. The molecule has 0 heterocycles. The molecule has 0 aliphatic carbocycles. The van der Waals surface area contributed by atoms with Crippen LogP contribution in [0.2, 0.25) is 0 Å². The molecule has 1 aromatic rings. The van der Waals surface area contributed by atoms with E-state index < -0.39 is 35.1 Å². The zero-order chi connectivity index (χ0) is 11.6. The van der Waals surface area contributed by atoms with Gasteiger partial charge >= 0.3 is 0 Å². The minimum atomic E-state index is -1.56. The molecular formula is C9H9F4NO. The van der Waals surface area contributed by atoms with Crippen LogP contribution in [0, 0.1) is 23.3 Å². The number of benzene rings is 1. The summed E-state index contributed by atoms with van der Waals surface area (Å²) in [7, 11) is 0. The third-order valence-corrected chi connectivity index (χ3v) is 1.56. The molecule has 0 amide bonds. The van der Waals surface area contributed by atoms with Crippen LogP contribution in [0.15, 0.2) is 6.07 Å². The summed E-state index contributed by atoms with van der Waals surface area (Å²) in [4.78, 5) is 0. The van der Waals surface area contributed by atoms with E-state index in [1.807, 2.05) is 0 Å². The Kier molecular flexibility index (Phi) is 3.52. The lowest BCUT2D eigenvalue weighted by molar-refractivity contribution is 0.257. The maximum atomic E-state index is 12.9. The zero-order valence-corrected chi connectivity index (χ0v) is 7.86. The SMILES string of the molecule is CC(N)COc1c(F)c(F)cc(F)c1F. The summed E-state index contributed by atoms with van der Waals surface area (Å²) in [6.45, 7) is 1.28. The summed E-state index contributed by atoms with van der Waals surface area (Å²) >= 11 is 0. The summed E-state index contributed by atoms with van der Waals surface area (Å²) in [5.74, 6) is -7.21. The van der Waals surface area contributed by atoms with Crippen molar-refractivity contribution >= 4 is 0 Å². The number of hydrogen-bond donors (Lipinski definition) is 1. The Hall–Kier alpha value is -1.30. The van der Waals surface area contributed by atoms with E-state index in [0.717, 1.165) is 0 Å². The van der Waals surface area contributed by atoms with E-state index in [0.29, 0.717) is 0 Å². The smallest absolute Gasteiger partial charge is 0.203 e. The van der Waals surface area contributed by atoms with Gasteiger partial charge in [0.2, 0.25) is 11.6 Å². The van der Waals surface area contributed by atoms with Crippen molar-refractivity contribution in [3.63, 3.8) is 0 Å². The van der Waals surface area contributed by atoms with Crippen LogP contribution in [0.25, 0.3) is 0 Å². The van der Waals surface area contributed by atoms with Crippen molar-refractivity contribution in [1.29, 1.82) is 0 Å². The van der Waals surface area contributed by atoms with Crippen LogP contribution in [-0.2, 0) is 0 Å². The van der Waals surface area contributed by atoms with Gasteiger partial charge in [-0.3, -0.25) is 0 Å². The van der Waals surface area contributed by atoms with Crippen LogP contribution >= 0.6 is 0 Å². The van der Waals surface area contributed by atoms with Crippen molar-refractivity contribution in [2.75, 3.05) is 6.61 Å². The van der Waals surface area contributed by atoms with Crippen molar-refractivity contribution in [1.82, 2.24) is 0 Å². The first-order chi connectivity index (χ1) is 6.93. The number of halogens is 4. The van der Waals surface area contributed by atoms with Crippen LogP contribution in [0.4, 0.5) is 17.6 Å². The van der Waals surface area contributed by atoms with E-state index in [1.165, 1.54) is 6.92 Å². The molecule has 6 heteroatoms.